The van der Waals surface area contributed by atoms with E-state index in [-0.39, 0.29) is 10.7 Å². The second kappa shape index (κ2) is 3.95. The zero-order chi connectivity index (χ0) is 11.6. The first kappa shape index (κ1) is 11.6. The molecule has 1 aromatic carbocycles. The molecule has 1 rings (SSSR count). The van der Waals surface area contributed by atoms with Gasteiger partial charge in [0.2, 0.25) is 0 Å². The first-order chi connectivity index (χ1) is 6.86. The molecule has 0 spiro atoms. The summed E-state index contributed by atoms with van der Waals surface area (Å²) in [5.74, 6) is -0.847. The molecule has 0 bridgehead atoms. The second-order valence-electron chi connectivity index (χ2n) is 2.44. The molecule has 2 N–H and O–H groups in total. The Balaban J connectivity index is 3.63. The zero-order valence-corrected chi connectivity index (χ0v) is 8.57. The van der Waals surface area contributed by atoms with Crippen molar-refractivity contribution in [3.8, 4) is 5.75 Å². The minimum atomic E-state index is -4.61. The quantitative estimate of drug-likeness (QED) is 0.361. The third-order valence-corrected chi connectivity index (χ3v) is 2.54. The molecule has 0 saturated heterocycles. The van der Waals surface area contributed by atoms with Crippen LogP contribution in [0.2, 0.25) is 5.02 Å². The number of aromatic hydroxyl groups is 1. The minimum Gasteiger partial charge on any atom is -0.506 e. The lowest BCUT2D eigenvalue weighted by atomic mass is 10.3. The van der Waals surface area contributed by atoms with Gasteiger partial charge in [0.25, 0.3) is 10.1 Å². The van der Waals surface area contributed by atoms with Crippen LogP contribution in [0.1, 0.15) is 0 Å². The molecule has 80 valence electrons. The normalized spacial score (nSPS) is 10.8. The van der Waals surface area contributed by atoms with Gasteiger partial charge in [-0.25, -0.2) is 0 Å². The number of azide groups is 1. The van der Waals surface area contributed by atoms with Crippen LogP contribution in [0.25, 0.3) is 10.4 Å². The molecular formula is C6H4ClN3O4S. The Kier molecular flexibility index (Phi) is 3.06. The van der Waals surface area contributed by atoms with Gasteiger partial charge in [-0.3, -0.25) is 4.55 Å². The monoisotopic (exact) mass is 249 g/mol. The van der Waals surface area contributed by atoms with Crippen molar-refractivity contribution in [2.45, 2.75) is 4.90 Å². The van der Waals surface area contributed by atoms with Crippen LogP contribution in [-0.4, -0.2) is 18.1 Å². The van der Waals surface area contributed by atoms with Gasteiger partial charge in [-0.05, 0) is 17.7 Å². The molecule has 9 heteroatoms. The van der Waals surface area contributed by atoms with Crippen LogP contribution >= 0.6 is 11.6 Å². The van der Waals surface area contributed by atoms with E-state index in [0.717, 1.165) is 12.1 Å². The fraction of sp³-hybridized carbons (Fsp3) is 0. The Morgan fingerprint density at radius 2 is 2.07 bits per heavy atom. The molecule has 0 unspecified atom stereocenters. The maximum Gasteiger partial charge on any atom is 0.298 e. The van der Waals surface area contributed by atoms with Crippen molar-refractivity contribution < 1.29 is 18.1 Å². The summed E-state index contributed by atoms with van der Waals surface area (Å²) >= 11 is 5.49. The van der Waals surface area contributed by atoms with E-state index >= 15 is 0 Å². The van der Waals surface area contributed by atoms with Crippen molar-refractivity contribution in [2.24, 2.45) is 5.11 Å². The molecule has 0 atom stereocenters. The van der Waals surface area contributed by atoms with Gasteiger partial charge in [0.1, 0.15) is 10.6 Å². The molecular weight excluding hydrogens is 246 g/mol. The number of halogens is 1. The number of rotatable bonds is 2. The van der Waals surface area contributed by atoms with Crippen molar-refractivity contribution in [3.05, 3.63) is 27.6 Å². The van der Waals surface area contributed by atoms with Gasteiger partial charge in [-0.1, -0.05) is 16.7 Å². The summed E-state index contributed by atoms with van der Waals surface area (Å²) in [6.45, 7) is 0. The van der Waals surface area contributed by atoms with Crippen molar-refractivity contribution in [1.82, 2.24) is 0 Å². The second-order valence-corrected chi connectivity index (χ2v) is 4.26. The van der Waals surface area contributed by atoms with Gasteiger partial charge >= 0.3 is 0 Å². The van der Waals surface area contributed by atoms with E-state index < -0.39 is 20.8 Å². The first-order valence-corrected chi connectivity index (χ1v) is 5.23. The highest BCUT2D eigenvalue weighted by atomic mass is 35.5. The van der Waals surface area contributed by atoms with Crippen molar-refractivity contribution in [1.29, 1.82) is 0 Å². The van der Waals surface area contributed by atoms with Crippen LogP contribution in [0.5, 0.6) is 5.75 Å². The zero-order valence-electron chi connectivity index (χ0n) is 6.99. The summed E-state index contributed by atoms with van der Waals surface area (Å²) in [6.07, 6.45) is 0. The first-order valence-electron chi connectivity index (χ1n) is 3.41. The molecule has 0 aromatic heterocycles. The highest BCUT2D eigenvalue weighted by Gasteiger charge is 2.18. The molecule has 0 aliphatic rings. The highest BCUT2D eigenvalue weighted by molar-refractivity contribution is 7.86. The molecule has 15 heavy (non-hydrogen) atoms. The summed E-state index contributed by atoms with van der Waals surface area (Å²) in [5, 5.41) is 12.2. The average Bonchev–Trinajstić information content (AvgIpc) is 2.09. The van der Waals surface area contributed by atoms with Gasteiger partial charge in [-0.2, -0.15) is 8.42 Å². The molecule has 0 saturated carbocycles. The van der Waals surface area contributed by atoms with Crippen molar-refractivity contribution in [3.63, 3.8) is 0 Å². The van der Waals surface area contributed by atoms with E-state index in [0.29, 0.717) is 0 Å². The lowest BCUT2D eigenvalue weighted by molar-refractivity contribution is 0.444. The summed E-state index contributed by atoms with van der Waals surface area (Å²) < 4.78 is 30.2. The standard InChI is InChI=1S/C6H4ClN3O4S/c7-3-1-4(9-10-8)6(11)5(2-3)15(12,13)14/h1-2,11H,(H,12,13,14). The summed E-state index contributed by atoms with van der Waals surface area (Å²) in [5.41, 5.74) is 7.74. The van der Waals surface area contributed by atoms with Gasteiger partial charge in [0.15, 0.2) is 0 Å². The summed E-state index contributed by atoms with van der Waals surface area (Å²) in [4.78, 5) is 1.55. The van der Waals surface area contributed by atoms with E-state index in [2.05, 4.69) is 10.0 Å². The number of benzene rings is 1. The van der Waals surface area contributed by atoms with E-state index in [1.54, 1.807) is 0 Å². The number of nitrogens with zero attached hydrogens (tertiary/aromatic N) is 3. The van der Waals surface area contributed by atoms with Crippen LogP contribution in [0.3, 0.4) is 0 Å². The van der Waals surface area contributed by atoms with Crippen LogP contribution < -0.4 is 0 Å². The molecule has 0 radical (unpaired) electrons. The van der Waals surface area contributed by atoms with Gasteiger partial charge in [0.05, 0.1) is 5.69 Å². The number of phenols is 1. The van der Waals surface area contributed by atoms with Gasteiger partial charge in [0, 0.05) is 9.93 Å². The van der Waals surface area contributed by atoms with Crippen LogP contribution in [0.4, 0.5) is 5.69 Å². The molecule has 1 aromatic rings. The third kappa shape index (κ3) is 2.51. The van der Waals surface area contributed by atoms with Crippen LogP contribution in [-0.2, 0) is 10.1 Å². The fourth-order valence-corrected chi connectivity index (χ4v) is 1.78. The molecule has 0 aliphatic carbocycles. The van der Waals surface area contributed by atoms with Crippen molar-refractivity contribution in [2.75, 3.05) is 0 Å². The van der Waals surface area contributed by atoms with E-state index in [1.165, 1.54) is 0 Å². The Bertz CT molecular complexity index is 550. The van der Waals surface area contributed by atoms with Crippen molar-refractivity contribution >= 4 is 27.4 Å². The fourth-order valence-electron chi connectivity index (χ4n) is 0.881. The summed E-state index contributed by atoms with van der Waals surface area (Å²) in [7, 11) is -4.61. The van der Waals surface area contributed by atoms with Crippen LogP contribution in [0, 0.1) is 0 Å². The molecule has 0 fully saturated rings. The van der Waals surface area contributed by atoms with E-state index in [1.807, 2.05) is 0 Å². The molecule has 0 aliphatic heterocycles. The SMILES string of the molecule is [N-]=[N+]=Nc1cc(Cl)cc(S(=O)(=O)O)c1O. The Morgan fingerprint density at radius 3 is 2.53 bits per heavy atom. The Morgan fingerprint density at radius 1 is 1.47 bits per heavy atom. The predicted octanol–water partition coefficient (Wildman–Crippen LogP) is 2.23. The van der Waals surface area contributed by atoms with E-state index in [4.69, 9.17) is 21.7 Å². The number of hydrogen-bond donors (Lipinski definition) is 2. The van der Waals surface area contributed by atoms with Gasteiger partial charge < -0.3 is 5.11 Å². The largest absolute Gasteiger partial charge is 0.506 e. The molecule has 0 heterocycles. The Labute approximate surface area is 89.3 Å². The number of phenolic OH excluding ortho intramolecular Hbond substituents is 1. The Hall–Kier alpha value is -1.47. The topological polar surface area (TPSA) is 123 Å². The van der Waals surface area contributed by atoms with E-state index in [9.17, 15) is 13.5 Å². The lowest BCUT2D eigenvalue weighted by Crippen LogP contribution is -1.98. The van der Waals surface area contributed by atoms with Gasteiger partial charge in [-0.15, -0.1) is 0 Å². The summed E-state index contributed by atoms with van der Waals surface area (Å²) in [6, 6.07) is 1.90. The number of hydrogen-bond acceptors (Lipinski definition) is 4. The van der Waals surface area contributed by atoms with Crippen LogP contribution in [0.15, 0.2) is 22.1 Å². The molecule has 7 nitrogen and oxygen atoms in total. The lowest BCUT2D eigenvalue weighted by Gasteiger charge is -2.04. The average molecular weight is 250 g/mol. The maximum atomic E-state index is 10.8. The predicted molar refractivity (Wildman–Crippen MR) is 51.7 cm³/mol. The smallest absolute Gasteiger partial charge is 0.298 e. The minimum absolute atomic E-state index is 0.0946. The third-order valence-electron chi connectivity index (χ3n) is 1.45. The maximum absolute atomic E-state index is 10.8. The highest BCUT2D eigenvalue weighted by Crippen LogP contribution is 2.36. The molecule has 0 amide bonds.